The zero-order valence-corrected chi connectivity index (χ0v) is 33.4. The van der Waals surface area contributed by atoms with E-state index in [0.29, 0.717) is 17.5 Å². The van der Waals surface area contributed by atoms with Crippen molar-refractivity contribution < 1.29 is 4.42 Å². The molecule has 0 N–H and O–H groups in total. The fourth-order valence-corrected chi connectivity index (χ4v) is 10.4. The third-order valence-corrected chi connectivity index (χ3v) is 13.2. The van der Waals surface area contributed by atoms with Gasteiger partial charge in [0, 0.05) is 63.8 Å². The van der Waals surface area contributed by atoms with Gasteiger partial charge in [0.05, 0.1) is 16.7 Å². The number of thiophene rings is 1. The van der Waals surface area contributed by atoms with Crippen LogP contribution in [0.15, 0.2) is 199 Å². The predicted octanol–water partition coefficient (Wildman–Crippen LogP) is 15.1. The van der Waals surface area contributed by atoms with Crippen LogP contribution < -0.4 is 0 Å². The molecule has 0 aliphatic carbocycles. The standard InChI is InChI=1S/C55H32N4OS/c1-3-14-33(15-4-1)42-32-44-38-19-9-11-22-45(38)59(52(44)40-21-8-7-18-37(40)42)46-23-13-25-49-51(46)41-28-26-36(31-50(41)61-49)55-57-53(34-16-5-2-6-17-34)56-54(58-55)35-27-29-48-43(30-35)39-20-10-12-24-47(39)60-48/h1-32H. The summed E-state index contributed by atoms with van der Waals surface area (Å²) in [6.45, 7) is 0. The van der Waals surface area contributed by atoms with Gasteiger partial charge in [0.2, 0.25) is 0 Å². The van der Waals surface area contributed by atoms with Gasteiger partial charge < -0.3 is 8.98 Å². The summed E-state index contributed by atoms with van der Waals surface area (Å²) in [5, 5.41) is 9.48. The maximum atomic E-state index is 6.16. The highest BCUT2D eigenvalue weighted by Crippen LogP contribution is 2.45. The zero-order valence-electron chi connectivity index (χ0n) is 32.6. The van der Waals surface area contributed by atoms with Crippen LogP contribution in [0, 0.1) is 0 Å². The fraction of sp³-hybridized carbons (Fsp3) is 0. The first-order chi connectivity index (χ1) is 30.2. The van der Waals surface area contributed by atoms with Gasteiger partial charge in [-0.05, 0) is 71.1 Å². The second kappa shape index (κ2) is 13.3. The van der Waals surface area contributed by atoms with E-state index in [-0.39, 0.29) is 0 Å². The molecule has 13 aromatic rings. The smallest absolute Gasteiger partial charge is 0.164 e. The van der Waals surface area contributed by atoms with Crippen LogP contribution in [0.1, 0.15) is 0 Å². The van der Waals surface area contributed by atoms with E-state index in [1.807, 2.05) is 60.7 Å². The van der Waals surface area contributed by atoms with Crippen LogP contribution in [0.4, 0.5) is 0 Å². The summed E-state index contributed by atoms with van der Waals surface area (Å²) in [5.41, 5.74) is 10.5. The third kappa shape index (κ3) is 5.29. The molecule has 4 heterocycles. The Labute approximate surface area is 353 Å². The van der Waals surface area contributed by atoms with Crippen molar-refractivity contribution in [1.29, 1.82) is 0 Å². The Morgan fingerprint density at radius 2 is 1.00 bits per heavy atom. The molecule has 61 heavy (non-hydrogen) atoms. The summed E-state index contributed by atoms with van der Waals surface area (Å²) < 4.78 is 11.0. The van der Waals surface area contributed by atoms with Crippen LogP contribution in [0.5, 0.6) is 0 Å². The zero-order chi connectivity index (χ0) is 40.0. The molecular formula is C55H32N4OS. The summed E-state index contributed by atoms with van der Waals surface area (Å²) >= 11 is 1.81. The highest BCUT2D eigenvalue weighted by atomic mass is 32.1. The van der Waals surface area contributed by atoms with Crippen molar-refractivity contribution >= 4 is 86.0 Å². The van der Waals surface area contributed by atoms with E-state index in [2.05, 4.69) is 138 Å². The van der Waals surface area contributed by atoms with Crippen LogP contribution in [0.2, 0.25) is 0 Å². The van der Waals surface area contributed by atoms with Gasteiger partial charge in [-0.3, -0.25) is 0 Å². The lowest BCUT2D eigenvalue weighted by atomic mass is 9.95. The number of furan rings is 1. The van der Waals surface area contributed by atoms with Crippen LogP contribution in [0.3, 0.4) is 0 Å². The van der Waals surface area contributed by atoms with Gasteiger partial charge in [-0.15, -0.1) is 11.3 Å². The second-order valence-electron chi connectivity index (χ2n) is 15.5. The van der Waals surface area contributed by atoms with Crippen LogP contribution in [-0.4, -0.2) is 19.5 Å². The maximum absolute atomic E-state index is 6.16. The molecule has 0 amide bonds. The predicted molar refractivity (Wildman–Crippen MR) is 254 cm³/mol. The highest BCUT2D eigenvalue weighted by molar-refractivity contribution is 7.26. The third-order valence-electron chi connectivity index (χ3n) is 12.0. The number of aromatic nitrogens is 4. The minimum atomic E-state index is 0.615. The fourth-order valence-electron chi connectivity index (χ4n) is 9.28. The number of rotatable bonds is 5. The first-order valence-electron chi connectivity index (χ1n) is 20.4. The number of hydrogen-bond donors (Lipinski definition) is 0. The SMILES string of the molecule is c1ccc(-c2nc(-c3ccc4c(c3)sc3cccc(-n5c6ccccc6c6cc(-c7ccccc7)c7ccccc7c65)c34)nc(-c3ccc4oc5ccccc5c4c3)n2)cc1. The molecule has 0 saturated carbocycles. The normalized spacial score (nSPS) is 11.9. The molecule has 284 valence electrons. The van der Waals surface area contributed by atoms with Crippen molar-refractivity contribution in [1.82, 2.24) is 19.5 Å². The Morgan fingerprint density at radius 3 is 1.80 bits per heavy atom. The molecule has 0 unspecified atom stereocenters. The molecule has 0 aliphatic rings. The summed E-state index contributed by atoms with van der Waals surface area (Å²) in [6.07, 6.45) is 0. The molecule has 0 aliphatic heterocycles. The molecule has 0 fully saturated rings. The Hall–Kier alpha value is -7.93. The summed E-state index contributed by atoms with van der Waals surface area (Å²) in [5.74, 6) is 1.87. The van der Waals surface area contributed by atoms with E-state index in [0.717, 1.165) is 44.3 Å². The van der Waals surface area contributed by atoms with Crippen LogP contribution >= 0.6 is 11.3 Å². The first kappa shape index (κ1) is 34.0. The molecule has 0 atom stereocenters. The molecule has 4 aromatic heterocycles. The van der Waals surface area contributed by atoms with Gasteiger partial charge >= 0.3 is 0 Å². The van der Waals surface area contributed by atoms with Gasteiger partial charge in [-0.25, -0.2) is 15.0 Å². The average Bonchev–Trinajstić information content (AvgIpc) is 4.01. The molecule has 5 nitrogen and oxygen atoms in total. The number of hydrogen-bond acceptors (Lipinski definition) is 5. The Balaban J connectivity index is 1.01. The minimum Gasteiger partial charge on any atom is -0.456 e. The molecule has 0 spiro atoms. The largest absolute Gasteiger partial charge is 0.456 e. The molecule has 0 bridgehead atoms. The van der Waals surface area contributed by atoms with Gasteiger partial charge in [-0.1, -0.05) is 140 Å². The van der Waals surface area contributed by atoms with Crippen LogP contribution in [0.25, 0.3) is 126 Å². The van der Waals surface area contributed by atoms with Gasteiger partial charge in [0.1, 0.15) is 11.2 Å². The number of para-hydroxylation sites is 2. The summed E-state index contributed by atoms with van der Waals surface area (Å²) in [4.78, 5) is 15.3. The van der Waals surface area contributed by atoms with Crippen molar-refractivity contribution in [3.63, 3.8) is 0 Å². The summed E-state index contributed by atoms with van der Waals surface area (Å²) in [6, 6.07) is 68.6. The maximum Gasteiger partial charge on any atom is 0.164 e. The highest BCUT2D eigenvalue weighted by Gasteiger charge is 2.21. The van der Waals surface area contributed by atoms with Crippen molar-refractivity contribution in [2.45, 2.75) is 0 Å². The lowest BCUT2D eigenvalue weighted by molar-refractivity contribution is 0.669. The van der Waals surface area contributed by atoms with E-state index < -0.39 is 0 Å². The van der Waals surface area contributed by atoms with Gasteiger partial charge in [0.25, 0.3) is 0 Å². The lowest BCUT2D eigenvalue weighted by Crippen LogP contribution is -2.00. The van der Waals surface area contributed by atoms with Crippen molar-refractivity contribution in [2.24, 2.45) is 0 Å². The van der Waals surface area contributed by atoms with E-state index in [1.165, 1.54) is 63.9 Å². The van der Waals surface area contributed by atoms with Crippen molar-refractivity contribution in [2.75, 3.05) is 0 Å². The second-order valence-corrected chi connectivity index (χ2v) is 16.6. The molecule has 0 saturated heterocycles. The molecular weight excluding hydrogens is 765 g/mol. The first-order valence-corrected chi connectivity index (χ1v) is 21.2. The minimum absolute atomic E-state index is 0.615. The Bertz CT molecular complexity index is 3880. The quantitative estimate of drug-likeness (QED) is 0.174. The number of fused-ring (bicyclic) bond motifs is 11. The molecule has 0 radical (unpaired) electrons. The Kier molecular flexibility index (Phi) is 7.41. The molecule has 13 rings (SSSR count). The lowest BCUT2D eigenvalue weighted by Gasteiger charge is -2.14. The molecule has 9 aromatic carbocycles. The Morgan fingerprint density at radius 1 is 0.377 bits per heavy atom. The van der Waals surface area contributed by atoms with Crippen molar-refractivity contribution in [3.05, 3.63) is 194 Å². The summed E-state index contributed by atoms with van der Waals surface area (Å²) in [7, 11) is 0. The molecule has 6 heteroatoms. The van der Waals surface area contributed by atoms with E-state index >= 15 is 0 Å². The average molecular weight is 797 g/mol. The van der Waals surface area contributed by atoms with Gasteiger partial charge in [0.15, 0.2) is 17.5 Å². The topological polar surface area (TPSA) is 56.7 Å². The van der Waals surface area contributed by atoms with Crippen molar-refractivity contribution in [3.8, 4) is 51.0 Å². The van der Waals surface area contributed by atoms with Gasteiger partial charge in [-0.2, -0.15) is 0 Å². The van der Waals surface area contributed by atoms with E-state index in [9.17, 15) is 0 Å². The van der Waals surface area contributed by atoms with E-state index in [1.54, 1.807) is 11.3 Å². The number of nitrogens with zero attached hydrogens (tertiary/aromatic N) is 4. The number of benzene rings is 9. The van der Waals surface area contributed by atoms with E-state index in [4.69, 9.17) is 19.4 Å². The monoisotopic (exact) mass is 796 g/mol. The van der Waals surface area contributed by atoms with Crippen LogP contribution in [-0.2, 0) is 0 Å².